The largest absolute Gasteiger partial charge is 0.134 e. The highest BCUT2D eigenvalue weighted by Gasteiger charge is 1.79. The Labute approximate surface area is 62.7 Å². The van der Waals surface area contributed by atoms with Gasteiger partial charge in [0, 0.05) is 0 Å². The standard InChI is InChI=1S/C8H16S/c1-3-5-7-9-8-6-4-2/h5,7H,3-4,6,8H2,1-2H3/b7-5+. The maximum atomic E-state index is 2.23. The van der Waals surface area contributed by atoms with E-state index in [1.165, 1.54) is 25.0 Å². The molecule has 0 aliphatic rings. The topological polar surface area (TPSA) is 0 Å². The summed E-state index contributed by atoms with van der Waals surface area (Å²) in [6.07, 6.45) is 6.03. The summed E-state index contributed by atoms with van der Waals surface area (Å²) in [5, 5.41) is 2.20. The molecule has 0 nitrogen and oxygen atoms in total. The zero-order valence-electron chi connectivity index (χ0n) is 6.39. The molecule has 0 rings (SSSR count). The Morgan fingerprint density at radius 1 is 1.33 bits per heavy atom. The van der Waals surface area contributed by atoms with Crippen molar-refractivity contribution >= 4 is 11.8 Å². The highest BCUT2D eigenvalue weighted by atomic mass is 32.2. The van der Waals surface area contributed by atoms with Crippen LogP contribution in [0.3, 0.4) is 0 Å². The Balaban J connectivity index is 2.82. The zero-order chi connectivity index (χ0) is 6.95. The molecule has 0 amide bonds. The van der Waals surface area contributed by atoms with Gasteiger partial charge in [0.1, 0.15) is 0 Å². The summed E-state index contributed by atoms with van der Waals surface area (Å²) >= 11 is 1.92. The summed E-state index contributed by atoms with van der Waals surface area (Å²) in [5.41, 5.74) is 0. The fourth-order valence-electron chi connectivity index (χ4n) is 0.460. The molecule has 0 heterocycles. The van der Waals surface area contributed by atoms with Crippen LogP contribution in [-0.4, -0.2) is 5.75 Å². The third-order valence-corrected chi connectivity index (χ3v) is 1.95. The van der Waals surface area contributed by atoms with E-state index in [0.29, 0.717) is 0 Å². The third kappa shape index (κ3) is 8.09. The van der Waals surface area contributed by atoms with Gasteiger partial charge in [0.15, 0.2) is 0 Å². The van der Waals surface area contributed by atoms with E-state index in [0.717, 1.165) is 0 Å². The van der Waals surface area contributed by atoms with E-state index in [2.05, 4.69) is 25.3 Å². The van der Waals surface area contributed by atoms with Gasteiger partial charge in [-0.3, -0.25) is 0 Å². The number of hydrogen-bond donors (Lipinski definition) is 0. The van der Waals surface area contributed by atoms with Gasteiger partial charge in [-0.05, 0) is 24.0 Å². The van der Waals surface area contributed by atoms with E-state index in [1.807, 2.05) is 11.8 Å². The molecular weight excluding hydrogens is 128 g/mol. The van der Waals surface area contributed by atoms with Gasteiger partial charge in [0.2, 0.25) is 0 Å². The van der Waals surface area contributed by atoms with E-state index in [9.17, 15) is 0 Å². The van der Waals surface area contributed by atoms with Gasteiger partial charge < -0.3 is 0 Å². The molecule has 1 heteroatoms. The summed E-state index contributed by atoms with van der Waals surface area (Å²) in [6, 6.07) is 0. The van der Waals surface area contributed by atoms with Crippen molar-refractivity contribution in [1.82, 2.24) is 0 Å². The molecule has 0 radical (unpaired) electrons. The van der Waals surface area contributed by atoms with E-state index >= 15 is 0 Å². The van der Waals surface area contributed by atoms with Crippen molar-refractivity contribution in [2.75, 3.05) is 5.75 Å². The summed E-state index contributed by atoms with van der Waals surface area (Å²) in [4.78, 5) is 0. The van der Waals surface area contributed by atoms with Gasteiger partial charge in [-0.2, -0.15) is 0 Å². The van der Waals surface area contributed by atoms with E-state index in [4.69, 9.17) is 0 Å². The first-order valence-electron chi connectivity index (χ1n) is 3.68. The van der Waals surface area contributed by atoms with Crippen molar-refractivity contribution in [3.63, 3.8) is 0 Å². The minimum absolute atomic E-state index is 1.17. The predicted molar refractivity (Wildman–Crippen MR) is 46.8 cm³/mol. The molecule has 0 atom stereocenters. The summed E-state index contributed by atoms with van der Waals surface area (Å²) in [7, 11) is 0. The molecule has 0 aromatic rings. The number of unbranched alkanes of at least 4 members (excludes halogenated alkanes) is 1. The number of rotatable bonds is 5. The van der Waals surface area contributed by atoms with Gasteiger partial charge in [-0.25, -0.2) is 0 Å². The minimum Gasteiger partial charge on any atom is -0.134 e. The number of allylic oxidation sites excluding steroid dienone is 1. The zero-order valence-corrected chi connectivity index (χ0v) is 7.21. The van der Waals surface area contributed by atoms with Crippen LogP contribution < -0.4 is 0 Å². The normalized spacial score (nSPS) is 10.9. The first-order valence-corrected chi connectivity index (χ1v) is 4.73. The lowest BCUT2D eigenvalue weighted by atomic mass is 10.4. The van der Waals surface area contributed by atoms with Crippen LogP contribution >= 0.6 is 11.8 Å². The molecule has 0 saturated heterocycles. The molecular formula is C8H16S. The van der Waals surface area contributed by atoms with Crippen LogP contribution in [0.5, 0.6) is 0 Å². The Morgan fingerprint density at radius 2 is 2.11 bits per heavy atom. The Kier molecular flexibility index (Phi) is 8.17. The van der Waals surface area contributed by atoms with E-state index in [-0.39, 0.29) is 0 Å². The molecule has 54 valence electrons. The van der Waals surface area contributed by atoms with Crippen molar-refractivity contribution in [3.05, 3.63) is 11.5 Å². The summed E-state index contributed by atoms with van der Waals surface area (Å²) in [5.74, 6) is 1.28. The molecule has 0 aliphatic carbocycles. The van der Waals surface area contributed by atoms with Crippen molar-refractivity contribution in [2.24, 2.45) is 0 Å². The Morgan fingerprint density at radius 3 is 2.67 bits per heavy atom. The van der Waals surface area contributed by atoms with Gasteiger partial charge in [-0.1, -0.05) is 26.3 Å². The minimum atomic E-state index is 1.17. The van der Waals surface area contributed by atoms with Crippen molar-refractivity contribution in [3.8, 4) is 0 Å². The molecule has 0 saturated carbocycles. The van der Waals surface area contributed by atoms with Crippen molar-refractivity contribution in [2.45, 2.75) is 33.1 Å². The van der Waals surface area contributed by atoms with Crippen LogP contribution in [0.25, 0.3) is 0 Å². The first kappa shape index (κ1) is 9.09. The van der Waals surface area contributed by atoms with Crippen LogP contribution in [0.15, 0.2) is 11.5 Å². The molecule has 0 unspecified atom stereocenters. The molecule has 9 heavy (non-hydrogen) atoms. The SMILES string of the molecule is CC/C=C/SCCCC. The molecule has 0 fully saturated rings. The highest BCUT2D eigenvalue weighted by Crippen LogP contribution is 2.05. The molecule has 0 spiro atoms. The van der Waals surface area contributed by atoms with Crippen LogP contribution in [0.4, 0.5) is 0 Å². The lowest BCUT2D eigenvalue weighted by molar-refractivity contribution is 0.897. The smallest absolute Gasteiger partial charge is 0.00262 e. The Hall–Kier alpha value is 0.0900. The summed E-state index contributed by atoms with van der Waals surface area (Å²) < 4.78 is 0. The van der Waals surface area contributed by atoms with E-state index in [1.54, 1.807) is 0 Å². The highest BCUT2D eigenvalue weighted by molar-refractivity contribution is 8.02. The fourth-order valence-corrected chi connectivity index (χ4v) is 1.38. The number of thioether (sulfide) groups is 1. The average molecular weight is 144 g/mol. The quantitative estimate of drug-likeness (QED) is 0.533. The fraction of sp³-hybridized carbons (Fsp3) is 0.750. The molecule has 0 N–H and O–H groups in total. The van der Waals surface area contributed by atoms with Gasteiger partial charge in [-0.15, -0.1) is 11.8 Å². The monoisotopic (exact) mass is 144 g/mol. The van der Waals surface area contributed by atoms with Gasteiger partial charge in [0.25, 0.3) is 0 Å². The maximum absolute atomic E-state index is 2.23. The van der Waals surface area contributed by atoms with Gasteiger partial charge in [0.05, 0.1) is 0 Å². The lowest BCUT2D eigenvalue weighted by Crippen LogP contribution is -1.71. The Bertz CT molecular complexity index is 67.0. The second kappa shape index (κ2) is 8.09. The predicted octanol–water partition coefficient (Wildman–Crippen LogP) is 3.44. The van der Waals surface area contributed by atoms with Crippen LogP contribution in [0.2, 0.25) is 0 Å². The van der Waals surface area contributed by atoms with Crippen molar-refractivity contribution in [1.29, 1.82) is 0 Å². The first-order chi connectivity index (χ1) is 4.41. The van der Waals surface area contributed by atoms with Crippen LogP contribution in [-0.2, 0) is 0 Å². The lowest BCUT2D eigenvalue weighted by Gasteiger charge is -1.89. The second-order valence-corrected chi connectivity index (χ2v) is 3.02. The molecule has 0 aromatic heterocycles. The molecule has 0 aromatic carbocycles. The molecule has 0 bridgehead atoms. The van der Waals surface area contributed by atoms with Crippen LogP contribution in [0.1, 0.15) is 33.1 Å². The van der Waals surface area contributed by atoms with E-state index < -0.39 is 0 Å². The van der Waals surface area contributed by atoms with Crippen LogP contribution in [0, 0.1) is 0 Å². The number of hydrogen-bond acceptors (Lipinski definition) is 1. The maximum Gasteiger partial charge on any atom is -0.00262 e. The van der Waals surface area contributed by atoms with Crippen molar-refractivity contribution < 1.29 is 0 Å². The summed E-state index contributed by atoms with van der Waals surface area (Å²) in [6.45, 7) is 4.39. The third-order valence-electron chi connectivity index (χ3n) is 1.04. The second-order valence-electron chi connectivity index (χ2n) is 2.00. The molecule has 0 aliphatic heterocycles. The van der Waals surface area contributed by atoms with Gasteiger partial charge >= 0.3 is 0 Å². The average Bonchev–Trinajstić information content (AvgIpc) is 1.89.